The molecule has 3 aromatic rings. The van der Waals surface area contributed by atoms with Crippen LogP contribution in [0.25, 0.3) is 5.69 Å². The minimum Gasteiger partial charge on any atom is -0.493 e. The number of aliphatic imine (C=N–C) groups is 1. The molecule has 170 valence electrons. The number of aromatic nitrogens is 2. The Kier molecular flexibility index (Phi) is 8.48. The zero-order chi connectivity index (χ0) is 22.8. The number of ether oxygens (including phenoxy) is 2. The predicted octanol–water partition coefficient (Wildman–Crippen LogP) is 3.37. The molecular weight excluding hydrogens is 409 g/mol. The van der Waals surface area contributed by atoms with Gasteiger partial charge in [-0.2, -0.15) is 5.10 Å². The third kappa shape index (κ3) is 6.47. The molecule has 32 heavy (non-hydrogen) atoms. The first-order valence-corrected chi connectivity index (χ1v) is 10.7. The topological polar surface area (TPSA) is 72.7 Å². The van der Waals surface area contributed by atoms with E-state index in [0.717, 1.165) is 53.9 Å². The molecule has 3 rings (SSSR count). The van der Waals surface area contributed by atoms with E-state index in [1.165, 1.54) is 12.1 Å². The van der Waals surface area contributed by atoms with E-state index in [1.807, 2.05) is 37.4 Å². The van der Waals surface area contributed by atoms with E-state index in [0.29, 0.717) is 13.0 Å². The predicted molar refractivity (Wildman–Crippen MR) is 124 cm³/mol. The van der Waals surface area contributed by atoms with Crippen molar-refractivity contribution >= 4 is 5.96 Å². The van der Waals surface area contributed by atoms with Crippen molar-refractivity contribution < 1.29 is 13.9 Å². The summed E-state index contributed by atoms with van der Waals surface area (Å²) in [6.07, 6.45) is 3.41. The first-order valence-electron chi connectivity index (χ1n) is 10.7. The van der Waals surface area contributed by atoms with Crippen molar-refractivity contribution in [3.05, 3.63) is 71.8 Å². The molecule has 2 aromatic carbocycles. The van der Waals surface area contributed by atoms with E-state index in [-0.39, 0.29) is 5.82 Å². The molecule has 0 radical (unpaired) electrons. The number of rotatable bonds is 10. The lowest BCUT2D eigenvalue weighted by Gasteiger charge is -2.12. The summed E-state index contributed by atoms with van der Waals surface area (Å²) >= 11 is 0. The third-order valence-electron chi connectivity index (χ3n) is 4.87. The fourth-order valence-electron chi connectivity index (χ4n) is 3.22. The Bertz CT molecular complexity index is 1020. The van der Waals surface area contributed by atoms with Crippen molar-refractivity contribution in [3.63, 3.8) is 0 Å². The maximum absolute atomic E-state index is 13.1. The van der Waals surface area contributed by atoms with Gasteiger partial charge in [-0.3, -0.25) is 4.99 Å². The van der Waals surface area contributed by atoms with Gasteiger partial charge < -0.3 is 20.1 Å². The number of methoxy groups -OCH3 is 2. The number of nitrogens with zero attached hydrogens (tertiary/aromatic N) is 3. The second-order valence-corrected chi connectivity index (χ2v) is 7.10. The van der Waals surface area contributed by atoms with Gasteiger partial charge in [0.2, 0.25) is 0 Å². The van der Waals surface area contributed by atoms with Gasteiger partial charge in [0.1, 0.15) is 5.82 Å². The van der Waals surface area contributed by atoms with Crippen LogP contribution in [0, 0.1) is 5.82 Å². The zero-order valence-electron chi connectivity index (χ0n) is 18.8. The molecule has 0 aliphatic rings. The van der Waals surface area contributed by atoms with Gasteiger partial charge in [-0.1, -0.05) is 6.07 Å². The molecule has 2 N–H and O–H groups in total. The molecule has 0 unspecified atom stereocenters. The highest BCUT2D eigenvalue weighted by Crippen LogP contribution is 2.27. The summed E-state index contributed by atoms with van der Waals surface area (Å²) in [5.74, 6) is 1.96. The van der Waals surface area contributed by atoms with E-state index in [9.17, 15) is 4.39 Å². The molecule has 0 spiro atoms. The zero-order valence-corrected chi connectivity index (χ0v) is 18.8. The summed E-state index contributed by atoms with van der Waals surface area (Å²) in [6, 6.07) is 14.2. The first kappa shape index (κ1) is 23.1. The van der Waals surface area contributed by atoms with E-state index in [2.05, 4.69) is 20.7 Å². The Morgan fingerprint density at radius 1 is 1.00 bits per heavy atom. The summed E-state index contributed by atoms with van der Waals surface area (Å²) < 4.78 is 25.5. The molecule has 0 amide bonds. The van der Waals surface area contributed by atoms with E-state index >= 15 is 0 Å². The molecule has 0 aliphatic carbocycles. The summed E-state index contributed by atoms with van der Waals surface area (Å²) in [4.78, 5) is 4.65. The average molecular weight is 440 g/mol. The molecule has 0 atom stereocenters. The highest BCUT2D eigenvalue weighted by molar-refractivity contribution is 5.79. The lowest BCUT2D eigenvalue weighted by Crippen LogP contribution is -2.38. The second-order valence-electron chi connectivity index (χ2n) is 7.10. The van der Waals surface area contributed by atoms with Gasteiger partial charge >= 0.3 is 0 Å². The lowest BCUT2D eigenvalue weighted by atomic mass is 10.1. The van der Waals surface area contributed by atoms with Gasteiger partial charge in [-0.05, 0) is 61.4 Å². The Morgan fingerprint density at radius 2 is 1.78 bits per heavy atom. The number of benzene rings is 2. The van der Waals surface area contributed by atoms with Crippen LogP contribution in [0.1, 0.15) is 18.2 Å². The van der Waals surface area contributed by atoms with Gasteiger partial charge in [0.05, 0.1) is 25.6 Å². The maximum atomic E-state index is 13.1. The first-order chi connectivity index (χ1) is 15.6. The summed E-state index contributed by atoms with van der Waals surface area (Å²) in [7, 11) is 3.27. The van der Waals surface area contributed by atoms with Crippen LogP contribution in [-0.4, -0.2) is 49.6 Å². The summed E-state index contributed by atoms with van der Waals surface area (Å²) in [5, 5.41) is 11.2. The number of nitrogens with one attached hydrogen (secondary N) is 2. The van der Waals surface area contributed by atoms with Crippen LogP contribution in [0.15, 0.2) is 59.7 Å². The number of guanidine groups is 1. The molecule has 0 saturated heterocycles. The normalized spacial score (nSPS) is 11.3. The maximum Gasteiger partial charge on any atom is 0.191 e. The Labute approximate surface area is 188 Å². The van der Waals surface area contributed by atoms with E-state index in [1.54, 1.807) is 31.0 Å². The number of hydrogen-bond acceptors (Lipinski definition) is 4. The van der Waals surface area contributed by atoms with Crippen molar-refractivity contribution in [2.75, 3.05) is 33.9 Å². The van der Waals surface area contributed by atoms with Crippen molar-refractivity contribution in [2.24, 2.45) is 4.99 Å². The van der Waals surface area contributed by atoms with Crippen molar-refractivity contribution in [1.82, 2.24) is 20.4 Å². The lowest BCUT2D eigenvalue weighted by molar-refractivity contribution is 0.354. The minimum absolute atomic E-state index is 0.259. The summed E-state index contributed by atoms with van der Waals surface area (Å²) in [6.45, 7) is 4.16. The van der Waals surface area contributed by atoms with Crippen LogP contribution >= 0.6 is 0 Å². The van der Waals surface area contributed by atoms with Gasteiger partial charge in [0, 0.05) is 32.3 Å². The largest absolute Gasteiger partial charge is 0.493 e. The van der Waals surface area contributed by atoms with Crippen LogP contribution < -0.4 is 20.1 Å². The fraction of sp³-hybridized carbons (Fsp3) is 0.333. The molecule has 0 aliphatic heterocycles. The molecule has 8 heteroatoms. The van der Waals surface area contributed by atoms with E-state index in [4.69, 9.17) is 9.47 Å². The molecule has 7 nitrogen and oxygen atoms in total. The molecule has 0 bridgehead atoms. The van der Waals surface area contributed by atoms with Gasteiger partial charge in [0.15, 0.2) is 17.5 Å². The molecule has 1 aromatic heterocycles. The number of halogens is 1. The Morgan fingerprint density at radius 3 is 2.50 bits per heavy atom. The van der Waals surface area contributed by atoms with Gasteiger partial charge in [0.25, 0.3) is 0 Å². The van der Waals surface area contributed by atoms with Crippen molar-refractivity contribution in [3.8, 4) is 17.2 Å². The Hall–Kier alpha value is -3.55. The average Bonchev–Trinajstić information content (AvgIpc) is 3.28. The highest BCUT2D eigenvalue weighted by Gasteiger charge is 2.06. The summed E-state index contributed by atoms with van der Waals surface area (Å²) in [5.41, 5.74) is 2.91. The SMILES string of the molecule is CCNC(=NCCc1ccn(-c2ccc(F)cc2)n1)NCCc1ccc(OC)c(OC)c1. The molecule has 0 fully saturated rings. The molecule has 0 saturated carbocycles. The molecular formula is C24H30FN5O2. The van der Waals surface area contributed by atoms with Crippen LogP contribution in [0.4, 0.5) is 4.39 Å². The molecule has 1 heterocycles. The van der Waals surface area contributed by atoms with Crippen LogP contribution in [-0.2, 0) is 12.8 Å². The van der Waals surface area contributed by atoms with Crippen molar-refractivity contribution in [1.29, 1.82) is 0 Å². The van der Waals surface area contributed by atoms with Crippen LogP contribution in [0.5, 0.6) is 11.5 Å². The number of hydrogen-bond donors (Lipinski definition) is 2. The minimum atomic E-state index is -0.259. The third-order valence-corrected chi connectivity index (χ3v) is 4.87. The van der Waals surface area contributed by atoms with Gasteiger partial charge in [-0.15, -0.1) is 0 Å². The van der Waals surface area contributed by atoms with Crippen molar-refractivity contribution in [2.45, 2.75) is 19.8 Å². The smallest absolute Gasteiger partial charge is 0.191 e. The fourth-order valence-corrected chi connectivity index (χ4v) is 3.22. The monoisotopic (exact) mass is 439 g/mol. The standard InChI is InChI=1S/C24H30FN5O2/c1-4-26-24(27-14-11-18-5-10-22(31-2)23(17-18)32-3)28-15-12-20-13-16-30(29-20)21-8-6-19(25)7-9-21/h5-10,13,16-17H,4,11-12,14-15H2,1-3H3,(H2,26,27,28). The van der Waals surface area contributed by atoms with Crippen LogP contribution in [0.3, 0.4) is 0 Å². The quantitative estimate of drug-likeness (QED) is 0.374. The van der Waals surface area contributed by atoms with Crippen LogP contribution in [0.2, 0.25) is 0 Å². The highest BCUT2D eigenvalue weighted by atomic mass is 19.1. The van der Waals surface area contributed by atoms with E-state index < -0.39 is 0 Å². The Balaban J connectivity index is 1.51. The van der Waals surface area contributed by atoms with Gasteiger partial charge in [-0.25, -0.2) is 9.07 Å². The second kappa shape index (κ2) is 11.7.